The summed E-state index contributed by atoms with van der Waals surface area (Å²) in [6.07, 6.45) is 0. The molecule has 172 valence electrons. The van der Waals surface area contributed by atoms with Gasteiger partial charge in [0.2, 0.25) is 0 Å². The number of esters is 1. The number of nitro groups is 1. The van der Waals surface area contributed by atoms with Crippen LogP contribution in [0.25, 0.3) is 0 Å². The van der Waals surface area contributed by atoms with Crippen LogP contribution < -0.4 is 9.47 Å². The maximum atomic E-state index is 12.8. The predicted molar refractivity (Wildman–Crippen MR) is 124 cm³/mol. The lowest BCUT2D eigenvalue weighted by Gasteiger charge is -2.36. The molecule has 35 heavy (non-hydrogen) atoms. The number of phenols is 1. The Morgan fingerprint density at radius 1 is 0.886 bits per heavy atom. The number of carbonyl (C=O) groups excluding carboxylic acids is 1. The van der Waals surface area contributed by atoms with Gasteiger partial charge in [-0.2, -0.15) is 0 Å². The third-order valence-corrected chi connectivity index (χ3v) is 6.22. The number of nitrogens with zero attached hydrogens (tertiary/aromatic N) is 1. The van der Waals surface area contributed by atoms with Crippen LogP contribution in [0.5, 0.6) is 23.0 Å². The van der Waals surface area contributed by atoms with Gasteiger partial charge in [0.1, 0.15) is 29.6 Å². The zero-order chi connectivity index (χ0) is 24.2. The van der Waals surface area contributed by atoms with E-state index in [-0.39, 0.29) is 18.0 Å². The minimum Gasteiger partial charge on any atom is -0.508 e. The molecule has 1 unspecified atom stereocenters. The molecule has 0 saturated heterocycles. The van der Waals surface area contributed by atoms with Gasteiger partial charge in [-0.05, 0) is 48.0 Å². The van der Waals surface area contributed by atoms with Gasteiger partial charge in [0.15, 0.2) is 5.60 Å². The quantitative estimate of drug-likeness (QED) is 0.242. The van der Waals surface area contributed by atoms with Gasteiger partial charge >= 0.3 is 5.97 Å². The summed E-state index contributed by atoms with van der Waals surface area (Å²) in [5.74, 6) is 0.873. The van der Waals surface area contributed by atoms with Gasteiger partial charge in [-0.1, -0.05) is 18.2 Å². The van der Waals surface area contributed by atoms with E-state index >= 15 is 0 Å². The van der Waals surface area contributed by atoms with Crippen LogP contribution in [0.1, 0.15) is 32.6 Å². The summed E-state index contributed by atoms with van der Waals surface area (Å²) in [6, 6.07) is 23.3. The molecule has 2 aliphatic heterocycles. The Morgan fingerprint density at radius 3 is 2.37 bits per heavy atom. The highest BCUT2D eigenvalue weighted by atomic mass is 16.6. The monoisotopic (exact) mass is 467 g/mol. The molecular formula is C27H17NO7. The van der Waals surface area contributed by atoms with Crippen molar-refractivity contribution in [1.82, 2.24) is 0 Å². The molecule has 0 saturated carbocycles. The van der Waals surface area contributed by atoms with E-state index in [4.69, 9.17) is 14.2 Å². The topological polar surface area (TPSA) is 108 Å². The molecule has 4 aromatic rings. The minimum atomic E-state index is -1.22. The van der Waals surface area contributed by atoms with Crippen LogP contribution in [0.4, 0.5) is 5.69 Å². The normalized spacial score (nSPS) is 17.1. The Hall–Kier alpha value is -4.85. The molecular weight excluding hydrogens is 450 g/mol. The highest BCUT2D eigenvalue weighted by Crippen LogP contribution is 2.56. The number of hydrogen-bond acceptors (Lipinski definition) is 7. The van der Waals surface area contributed by atoms with Crippen molar-refractivity contribution < 1.29 is 29.0 Å². The average Bonchev–Trinajstić information content (AvgIpc) is 3.15. The lowest BCUT2D eigenvalue weighted by Crippen LogP contribution is -2.32. The maximum absolute atomic E-state index is 12.8. The molecule has 0 bridgehead atoms. The fourth-order valence-electron chi connectivity index (χ4n) is 4.62. The molecule has 0 radical (unpaired) electrons. The van der Waals surface area contributed by atoms with Crippen molar-refractivity contribution in [2.24, 2.45) is 0 Å². The van der Waals surface area contributed by atoms with E-state index in [9.17, 15) is 20.0 Å². The number of hydrogen-bond donors (Lipinski definition) is 1. The highest BCUT2D eigenvalue weighted by Gasteiger charge is 2.53. The maximum Gasteiger partial charge on any atom is 0.340 e. The predicted octanol–water partition coefficient (Wildman–Crippen LogP) is 5.45. The number of nitro benzene ring substituents is 1. The second-order valence-corrected chi connectivity index (χ2v) is 8.27. The number of rotatable bonds is 4. The van der Waals surface area contributed by atoms with Gasteiger partial charge in [-0.25, -0.2) is 4.79 Å². The van der Waals surface area contributed by atoms with Crippen LogP contribution in [-0.2, 0) is 16.9 Å². The second-order valence-electron chi connectivity index (χ2n) is 8.27. The molecule has 4 aromatic carbocycles. The summed E-state index contributed by atoms with van der Waals surface area (Å²) in [5, 5.41) is 20.9. The molecule has 2 aliphatic rings. The molecule has 0 fully saturated rings. The summed E-state index contributed by atoms with van der Waals surface area (Å²) >= 11 is 0. The van der Waals surface area contributed by atoms with E-state index in [1.807, 2.05) is 12.1 Å². The fraction of sp³-hybridized carbons (Fsp3) is 0.0741. The van der Waals surface area contributed by atoms with E-state index in [0.717, 1.165) is 5.56 Å². The van der Waals surface area contributed by atoms with E-state index < -0.39 is 16.5 Å². The molecule has 8 heteroatoms. The van der Waals surface area contributed by atoms with Crippen LogP contribution in [-0.4, -0.2) is 16.0 Å². The lowest BCUT2D eigenvalue weighted by atomic mass is 9.77. The van der Waals surface area contributed by atoms with E-state index in [1.165, 1.54) is 24.3 Å². The Kier molecular flexibility index (Phi) is 4.50. The first-order valence-electron chi connectivity index (χ1n) is 10.8. The number of fused-ring (bicyclic) bond motifs is 6. The van der Waals surface area contributed by atoms with Gasteiger partial charge < -0.3 is 19.3 Å². The second kappa shape index (κ2) is 7.59. The average molecular weight is 467 g/mol. The van der Waals surface area contributed by atoms with Crippen molar-refractivity contribution in [1.29, 1.82) is 0 Å². The van der Waals surface area contributed by atoms with Crippen LogP contribution in [0.15, 0.2) is 84.9 Å². The van der Waals surface area contributed by atoms with Crippen molar-refractivity contribution in [2.75, 3.05) is 0 Å². The smallest absolute Gasteiger partial charge is 0.340 e. The number of carbonyl (C=O) groups is 1. The van der Waals surface area contributed by atoms with Gasteiger partial charge in [-0.3, -0.25) is 10.1 Å². The van der Waals surface area contributed by atoms with Gasteiger partial charge in [-0.15, -0.1) is 0 Å². The SMILES string of the molecule is O=C1OC2(c3ccc(O)cc3Oc3cc(OCc4ccc([N+](=O)[O-])cc4)ccc32)c2ccccc21. The summed E-state index contributed by atoms with van der Waals surface area (Å²) in [6.45, 7) is 0.192. The van der Waals surface area contributed by atoms with Crippen molar-refractivity contribution in [3.63, 3.8) is 0 Å². The Bertz CT molecular complexity index is 1510. The number of aromatic hydroxyl groups is 1. The molecule has 0 aromatic heterocycles. The fourth-order valence-corrected chi connectivity index (χ4v) is 4.62. The van der Waals surface area contributed by atoms with Crippen LogP contribution >= 0.6 is 0 Å². The number of phenolic OH excluding ortho intramolecular Hbond substituents is 1. The lowest BCUT2D eigenvalue weighted by molar-refractivity contribution is -0.384. The first-order valence-corrected chi connectivity index (χ1v) is 10.8. The standard InChI is InChI=1S/C27H17NO7/c29-18-9-11-22-24(13-18)34-25-14-19(33-15-16-5-7-17(8-6-16)28(31)32)10-12-23(25)27(22)21-4-2-1-3-20(21)26(30)35-27/h1-14,29H,15H2. The third-order valence-electron chi connectivity index (χ3n) is 6.22. The van der Waals surface area contributed by atoms with Crippen molar-refractivity contribution in [3.05, 3.63) is 123 Å². The minimum absolute atomic E-state index is 0.00883. The molecule has 6 rings (SSSR count). The summed E-state index contributed by atoms with van der Waals surface area (Å²) in [4.78, 5) is 23.2. The summed E-state index contributed by atoms with van der Waals surface area (Å²) < 4.78 is 18.1. The Balaban J connectivity index is 1.40. The van der Waals surface area contributed by atoms with Crippen molar-refractivity contribution >= 4 is 11.7 Å². The van der Waals surface area contributed by atoms with Crippen LogP contribution in [0.3, 0.4) is 0 Å². The van der Waals surface area contributed by atoms with E-state index in [2.05, 4.69) is 0 Å². The first kappa shape index (κ1) is 20.7. The van der Waals surface area contributed by atoms with Crippen molar-refractivity contribution in [3.8, 4) is 23.0 Å². The summed E-state index contributed by atoms with van der Waals surface area (Å²) in [7, 11) is 0. The van der Waals surface area contributed by atoms with Gasteiger partial charge in [0, 0.05) is 41.0 Å². The third kappa shape index (κ3) is 3.18. The zero-order valence-electron chi connectivity index (χ0n) is 18.1. The molecule has 0 amide bonds. The summed E-state index contributed by atoms with van der Waals surface area (Å²) in [5.41, 5.74) is 1.96. The van der Waals surface area contributed by atoms with Crippen LogP contribution in [0.2, 0.25) is 0 Å². The molecule has 0 aliphatic carbocycles. The number of non-ortho nitro benzene ring substituents is 1. The van der Waals surface area contributed by atoms with Gasteiger partial charge in [0.05, 0.1) is 10.5 Å². The Labute approximate surface area is 199 Å². The molecule has 1 atom stereocenters. The zero-order valence-corrected chi connectivity index (χ0v) is 18.1. The highest BCUT2D eigenvalue weighted by molar-refractivity contribution is 5.97. The first-order chi connectivity index (χ1) is 17.0. The van der Waals surface area contributed by atoms with E-state index in [0.29, 0.717) is 39.5 Å². The van der Waals surface area contributed by atoms with Gasteiger partial charge in [0.25, 0.3) is 5.69 Å². The Morgan fingerprint density at radius 2 is 1.60 bits per heavy atom. The number of ether oxygens (including phenoxy) is 3. The molecule has 2 heterocycles. The van der Waals surface area contributed by atoms with E-state index in [1.54, 1.807) is 48.5 Å². The number of benzene rings is 4. The van der Waals surface area contributed by atoms with Crippen LogP contribution in [0, 0.1) is 10.1 Å². The molecule has 1 N–H and O–H groups in total. The molecule has 8 nitrogen and oxygen atoms in total. The van der Waals surface area contributed by atoms with Crippen molar-refractivity contribution in [2.45, 2.75) is 12.2 Å². The largest absolute Gasteiger partial charge is 0.508 e. The molecule has 1 spiro atoms.